The molecule has 0 saturated carbocycles. The van der Waals surface area contributed by atoms with Crippen molar-refractivity contribution in [2.45, 2.75) is 19.3 Å². The number of aromatic nitrogens is 2. The van der Waals surface area contributed by atoms with E-state index in [1.807, 2.05) is 18.2 Å². The van der Waals surface area contributed by atoms with Crippen LogP contribution in [0.2, 0.25) is 0 Å². The van der Waals surface area contributed by atoms with E-state index in [1.165, 1.54) is 5.56 Å². The standard InChI is InChI=1S/C46H29N3O/c1-3-29-19-23-40-37(25-29)32-13-7-9-15-38(32)49(40)42-26-30(27-47)18-21-33(42)34-20-17-28(2)43-36-22-24-41-44(46(36)50-45(34)43)35-14-8-10-16-39(35)48(41)31-11-5-4-6-12-31/h1,4-16,18-26,28H,17H2,2H3. The van der Waals surface area contributed by atoms with Gasteiger partial charge in [0.2, 0.25) is 0 Å². The van der Waals surface area contributed by atoms with Gasteiger partial charge in [0, 0.05) is 49.5 Å². The lowest BCUT2D eigenvalue weighted by Gasteiger charge is -2.21. The van der Waals surface area contributed by atoms with Crippen molar-refractivity contribution in [1.29, 1.82) is 5.26 Å². The van der Waals surface area contributed by atoms with Crippen LogP contribution in [0.4, 0.5) is 0 Å². The Morgan fingerprint density at radius 2 is 1.38 bits per heavy atom. The quantitative estimate of drug-likeness (QED) is 0.181. The Morgan fingerprint density at radius 3 is 2.18 bits per heavy atom. The van der Waals surface area contributed by atoms with E-state index in [0.717, 1.165) is 94.8 Å². The molecular formula is C46H29N3O. The minimum Gasteiger partial charge on any atom is -0.455 e. The first kappa shape index (κ1) is 28.3. The van der Waals surface area contributed by atoms with E-state index in [-0.39, 0.29) is 5.92 Å². The zero-order chi connectivity index (χ0) is 33.5. The maximum Gasteiger partial charge on any atom is 0.145 e. The first-order valence-electron chi connectivity index (χ1n) is 16.9. The second-order valence-electron chi connectivity index (χ2n) is 13.2. The molecule has 0 spiro atoms. The van der Waals surface area contributed by atoms with Crippen LogP contribution in [0.5, 0.6) is 0 Å². The minimum atomic E-state index is 0.271. The summed E-state index contributed by atoms with van der Waals surface area (Å²) in [4.78, 5) is 0. The van der Waals surface area contributed by atoms with E-state index >= 15 is 0 Å². The van der Waals surface area contributed by atoms with Crippen LogP contribution >= 0.6 is 0 Å². The number of hydrogen-bond donors (Lipinski definition) is 0. The van der Waals surface area contributed by atoms with Gasteiger partial charge in [0.15, 0.2) is 0 Å². The lowest BCUT2D eigenvalue weighted by Crippen LogP contribution is -2.06. The Hall–Kier alpha value is -6.75. The summed E-state index contributed by atoms with van der Waals surface area (Å²) in [6, 6.07) is 46.6. The van der Waals surface area contributed by atoms with Gasteiger partial charge in [0.05, 0.1) is 44.8 Å². The molecule has 6 aromatic carbocycles. The fraction of sp³-hybridized carbons (Fsp3) is 0.0652. The largest absolute Gasteiger partial charge is 0.455 e. The number of fused-ring (bicyclic) bond motifs is 10. The lowest BCUT2D eigenvalue weighted by molar-refractivity contribution is 0.584. The molecule has 3 aromatic heterocycles. The van der Waals surface area contributed by atoms with Crippen molar-refractivity contribution >= 4 is 60.2 Å². The number of hydrogen-bond acceptors (Lipinski definition) is 2. The van der Waals surface area contributed by atoms with Gasteiger partial charge in [-0.15, -0.1) is 6.42 Å². The van der Waals surface area contributed by atoms with Gasteiger partial charge in [0.1, 0.15) is 11.3 Å². The van der Waals surface area contributed by atoms with E-state index in [2.05, 4.69) is 143 Å². The Balaban J connectivity index is 1.26. The molecule has 0 bridgehead atoms. The number of allylic oxidation sites excluding steroid dienone is 1. The molecule has 50 heavy (non-hydrogen) atoms. The fourth-order valence-electron chi connectivity index (χ4n) is 8.24. The van der Waals surface area contributed by atoms with Crippen LogP contribution in [0.1, 0.15) is 47.3 Å². The number of terminal acetylenes is 1. The van der Waals surface area contributed by atoms with Crippen molar-refractivity contribution in [3.63, 3.8) is 0 Å². The Morgan fingerprint density at radius 1 is 0.680 bits per heavy atom. The van der Waals surface area contributed by atoms with E-state index in [1.54, 1.807) is 0 Å². The van der Waals surface area contributed by atoms with Gasteiger partial charge in [-0.25, -0.2) is 0 Å². The molecule has 0 aliphatic heterocycles. The molecule has 1 unspecified atom stereocenters. The third-order valence-electron chi connectivity index (χ3n) is 10.5. The molecule has 234 valence electrons. The minimum absolute atomic E-state index is 0.271. The SMILES string of the molecule is C#Cc1ccc2c(c1)c1ccccc1n2-c1cc(C#N)ccc1C1=CCC(C)c2c1oc1c2ccc2c1c1ccccc1n2-c1ccccc1. The summed E-state index contributed by atoms with van der Waals surface area (Å²) in [6.45, 7) is 2.29. The molecule has 1 aliphatic rings. The molecule has 0 radical (unpaired) electrons. The maximum atomic E-state index is 10.1. The van der Waals surface area contributed by atoms with Crippen LogP contribution in [-0.4, -0.2) is 9.13 Å². The van der Waals surface area contributed by atoms with Crippen molar-refractivity contribution in [3.05, 3.63) is 161 Å². The molecule has 0 amide bonds. The Labute approximate surface area is 288 Å². The number of furan rings is 1. The predicted octanol–water partition coefficient (Wildman–Crippen LogP) is 11.4. The molecule has 0 saturated heterocycles. The Kier molecular flexibility index (Phi) is 6.01. The summed E-state index contributed by atoms with van der Waals surface area (Å²) in [5.41, 5.74) is 12.0. The van der Waals surface area contributed by atoms with Gasteiger partial charge >= 0.3 is 0 Å². The molecule has 1 atom stereocenters. The summed E-state index contributed by atoms with van der Waals surface area (Å²) in [5, 5.41) is 15.7. The number of rotatable bonds is 3. The number of para-hydroxylation sites is 3. The third-order valence-corrected chi connectivity index (χ3v) is 10.5. The highest BCUT2D eigenvalue weighted by Gasteiger charge is 2.30. The summed E-state index contributed by atoms with van der Waals surface area (Å²) in [5.74, 6) is 3.96. The van der Waals surface area contributed by atoms with Gasteiger partial charge in [-0.3, -0.25) is 0 Å². The molecule has 4 heteroatoms. The van der Waals surface area contributed by atoms with Crippen LogP contribution in [0.15, 0.2) is 138 Å². The highest BCUT2D eigenvalue weighted by molar-refractivity contribution is 6.20. The topological polar surface area (TPSA) is 46.8 Å². The third kappa shape index (κ3) is 3.88. The number of nitrogens with zero attached hydrogens (tertiary/aromatic N) is 3. The van der Waals surface area contributed by atoms with Crippen molar-refractivity contribution < 1.29 is 4.42 Å². The monoisotopic (exact) mass is 639 g/mol. The van der Waals surface area contributed by atoms with Crippen LogP contribution < -0.4 is 0 Å². The molecule has 1 aliphatic carbocycles. The molecule has 3 heterocycles. The van der Waals surface area contributed by atoms with E-state index < -0.39 is 0 Å². The molecule has 0 N–H and O–H groups in total. The predicted molar refractivity (Wildman–Crippen MR) is 204 cm³/mol. The van der Waals surface area contributed by atoms with Crippen LogP contribution in [0, 0.1) is 23.7 Å². The first-order valence-corrected chi connectivity index (χ1v) is 16.9. The molecular weight excluding hydrogens is 611 g/mol. The molecule has 10 rings (SSSR count). The van der Waals surface area contributed by atoms with Crippen LogP contribution in [0.25, 0.3) is 71.5 Å². The maximum absolute atomic E-state index is 10.1. The van der Waals surface area contributed by atoms with Crippen molar-refractivity contribution in [2.24, 2.45) is 0 Å². The van der Waals surface area contributed by atoms with Gasteiger partial charge in [-0.05, 0) is 79.1 Å². The smallest absolute Gasteiger partial charge is 0.145 e. The second kappa shape index (κ2) is 10.6. The number of benzene rings is 6. The van der Waals surface area contributed by atoms with Gasteiger partial charge in [-0.1, -0.05) is 79.6 Å². The zero-order valence-electron chi connectivity index (χ0n) is 27.3. The van der Waals surface area contributed by atoms with E-state index in [0.29, 0.717) is 5.56 Å². The molecule has 4 nitrogen and oxygen atoms in total. The Bertz CT molecular complexity index is 2990. The van der Waals surface area contributed by atoms with Gasteiger partial charge < -0.3 is 13.6 Å². The summed E-state index contributed by atoms with van der Waals surface area (Å²) >= 11 is 0. The van der Waals surface area contributed by atoms with E-state index in [9.17, 15) is 5.26 Å². The highest BCUT2D eigenvalue weighted by Crippen LogP contribution is 2.48. The molecule has 9 aromatic rings. The van der Waals surface area contributed by atoms with Crippen molar-refractivity contribution in [1.82, 2.24) is 9.13 Å². The molecule has 0 fully saturated rings. The summed E-state index contributed by atoms with van der Waals surface area (Å²) in [7, 11) is 0. The zero-order valence-corrected chi connectivity index (χ0v) is 27.3. The van der Waals surface area contributed by atoms with Crippen molar-refractivity contribution in [2.75, 3.05) is 0 Å². The average Bonchev–Trinajstić information content (AvgIpc) is 3.83. The van der Waals surface area contributed by atoms with Crippen LogP contribution in [0.3, 0.4) is 0 Å². The van der Waals surface area contributed by atoms with Gasteiger partial charge in [0.25, 0.3) is 0 Å². The fourth-order valence-corrected chi connectivity index (χ4v) is 8.24. The normalized spacial score (nSPS) is 14.3. The summed E-state index contributed by atoms with van der Waals surface area (Å²) in [6.07, 6.45) is 9.02. The van der Waals surface area contributed by atoms with Gasteiger partial charge in [-0.2, -0.15) is 5.26 Å². The highest BCUT2D eigenvalue weighted by atomic mass is 16.3. The average molecular weight is 640 g/mol. The second-order valence-corrected chi connectivity index (χ2v) is 13.2. The summed E-state index contributed by atoms with van der Waals surface area (Å²) < 4.78 is 11.8. The lowest BCUT2D eigenvalue weighted by atomic mass is 9.84. The van der Waals surface area contributed by atoms with E-state index in [4.69, 9.17) is 10.8 Å². The van der Waals surface area contributed by atoms with Crippen LogP contribution in [-0.2, 0) is 0 Å². The van der Waals surface area contributed by atoms with Crippen molar-refractivity contribution in [3.8, 4) is 29.8 Å². The first-order chi connectivity index (χ1) is 24.6. The number of nitriles is 1.